The summed E-state index contributed by atoms with van der Waals surface area (Å²) in [5, 5.41) is 10.9. The Kier molecular flexibility index (Phi) is 4.68. The summed E-state index contributed by atoms with van der Waals surface area (Å²) in [6.45, 7) is 4.08. The van der Waals surface area contributed by atoms with E-state index >= 15 is 0 Å². The van der Waals surface area contributed by atoms with E-state index in [0.29, 0.717) is 11.0 Å². The number of nitro benzene ring substituents is 1. The Labute approximate surface area is 114 Å². The minimum atomic E-state index is -0.362. The van der Waals surface area contributed by atoms with Crippen LogP contribution in [0.3, 0.4) is 0 Å². The summed E-state index contributed by atoms with van der Waals surface area (Å²) in [5.74, 6) is 0. The van der Waals surface area contributed by atoms with Gasteiger partial charge in [0.1, 0.15) is 0 Å². The molecule has 5 nitrogen and oxygen atoms in total. The van der Waals surface area contributed by atoms with E-state index < -0.39 is 0 Å². The Morgan fingerprint density at radius 2 is 2.22 bits per heavy atom. The molecule has 1 heterocycles. The predicted molar refractivity (Wildman–Crippen MR) is 71.5 cm³/mol. The van der Waals surface area contributed by atoms with Crippen molar-refractivity contribution in [1.82, 2.24) is 4.90 Å². The fourth-order valence-corrected chi connectivity index (χ4v) is 2.56. The molecule has 1 aliphatic rings. The number of nitrogens with zero attached hydrogens (tertiary/aromatic N) is 2. The van der Waals surface area contributed by atoms with Crippen LogP contribution >= 0.6 is 15.9 Å². The van der Waals surface area contributed by atoms with E-state index in [-0.39, 0.29) is 10.6 Å². The molecule has 0 saturated carbocycles. The second-order valence-corrected chi connectivity index (χ2v) is 5.04. The molecular weight excluding hydrogens is 300 g/mol. The van der Waals surface area contributed by atoms with Crippen LogP contribution in [0.2, 0.25) is 0 Å². The fourth-order valence-electron chi connectivity index (χ4n) is 2.03. The topological polar surface area (TPSA) is 55.6 Å². The third kappa shape index (κ3) is 3.28. The summed E-state index contributed by atoms with van der Waals surface area (Å²) in [7, 11) is 0. The molecule has 0 bridgehead atoms. The van der Waals surface area contributed by atoms with Crippen molar-refractivity contribution in [2.45, 2.75) is 13.0 Å². The van der Waals surface area contributed by atoms with Crippen molar-refractivity contribution >= 4 is 21.6 Å². The van der Waals surface area contributed by atoms with Gasteiger partial charge >= 0.3 is 0 Å². The van der Waals surface area contributed by atoms with Crippen LogP contribution in [0.1, 0.15) is 12.0 Å². The van der Waals surface area contributed by atoms with Gasteiger partial charge in [0.25, 0.3) is 5.69 Å². The molecule has 0 unspecified atom stereocenters. The molecule has 6 heteroatoms. The second-order valence-electron chi connectivity index (χ2n) is 4.25. The van der Waals surface area contributed by atoms with Crippen LogP contribution in [-0.2, 0) is 11.3 Å². The molecule has 1 aromatic rings. The zero-order valence-corrected chi connectivity index (χ0v) is 11.6. The average molecular weight is 315 g/mol. The Morgan fingerprint density at radius 3 is 3.00 bits per heavy atom. The third-order valence-electron chi connectivity index (χ3n) is 2.96. The monoisotopic (exact) mass is 314 g/mol. The van der Waals surface area contributed by atoms with Gasteiger partial charge in [-0.1, -0.05) is 12.1 Å². The van der Waals surface area contributed by atoms with Gasteiger partial charge in [0.05, 0.1) is 16.0 Å². The summed E-state index contributed by atoms with van der Waals surface area (Å²) in [6.07, 6.45) is 1.01. The minimum Gasteiger partial charge on any atom is -0.380 e. The number of benzene rings is 1. The van der Waals surface area contributed by atoms with Crippen LogP contribution in [-0.4, -0.2) is 36.1 Å². The quantitative estimate of drug-likeness (QED) is 0.635. The summed E-state index contributed by atoms with van der Waals surface area (Å²) in [6, 6.07) is 5.16. The van der Waals surface area contributed by atoms with Crippen molar-refractivity contribution in [1.29, 1.82) is 0 Å². The van der Waals surface area contributed by atoms with Gasteiger partial charge in [0, 0.05) is 32.3 Å². The normalized spacial score (nSPS) is 17.4. The lowest BCUT2D eigenvalue weighted by atomic mass is 10.2. The van der Waals surface area contributed by atoms with Gasteiger partial charge in [-0.05, 0) is 27.9 Å². The maximum absolute atomic E-state index is 10.9. The molecule has 0 amide bonds. The lowest BCUT2D eigenvalue weighted by Gasteiger charge is -2.19. The molecule has 2 rings (SSSR count). The van der Waals surface area contributed by atoms with E-state index in [1.165, 1.54) is 6.07 Å². The molecular formula is C12H15BrN2O3. The van der Waals surface area contributed by atoms with E-state index in [1.54, 1.807) is 6.07 Å². The number of halogens is 1. The largest absolute Gasteiger partial charge is 0.380 e. The van der Waals surface area contributed by atoms with Crippen molar-refractivity contribution in [2.24, 2.45) is 0 Å². The summed E-state index contributed by atoms with van der Waals surface area (Å²) in [5.41, 5.74) is 1.07. The number of ether oxygens (including phenoxy) is 1. The summed E-state index contributed by atoms with van der Waals surface area (Å²) in [4.78, 5) is 12.8. The third-order valence-corrected chi connectivity index (χ3v) is 3.88. The summed E-state index contributed by atoms with van der Waals surface area (Å²) < 4.78 is 5.98. The first-order valence-electron chi connectivity index (χ1n) is 5.90. The maximum Gasteiger partial charge on any atom is 0.283 e. The Bertz CT molecular complexity index is 431. The van der Waals surface area contributed by atoms with Crippen molar-refractivity contribution in [3.8, 4) is 0 Å². The van der Waals surface area contributed by atoms with Crippen LogP contribution in [0.4, 0.5) is 5.69 Å². The molecule has 1 fully saturated rings. The van der Waals surface area contributed by atoms with Gasteiger partial charge in [0.2, 0.25) is 0 Å². The zero-order chi connectivity index (χ0) is 13.0. The lowest BCUT2D eigenvalue weighted by Crippen LogP contribution is -2.26. The highest BCUT2D eigenvalue weighted by Gasteiger charge is 2.17. The Hall–Kier alpha value is -0.980. The molecule has 0 aromatic heterocycles. The molecule has 1 aliphatic heterocycles. The molecule has 0 N–H and O–H groups in total. The molecule has 0 spiro atoms. The van der Waals surface area contributed by atoms with Crippen molar-refractivity contribution in [2.75, 3.05) is 26.3 Å². The molecule has 18 heavy (non-hydrogen) atoms. The van der Waals surface area contributed by atoms with Gasteiger partial charge in [-0.2, -0.15) is 0 Å². The van der Waals surface area contributed by atoms with Gasteiger partial charge in [0.15, 0.2) is 0 Å². The Balaban J connectivity index is 2.13. The summed E-state index contributed by atoms with van der Waals surface area (Å²) >= 11 is 3.33. The number of hydrogen-bond acceptors (Lipinski definition) is 4. The molecule has 1 saturated heterocycles. The molecule has 1 aromatic carbocycles. The maximum atomic E-state index is 10.9. The highest BCUT2D eigenvalue weighted by molar-refractivity contribution is 9.10. The highest BCUT2D eigenvalue weighted by Crippen LogP contribution is 2.29. The van der Waals surface area contributed by atoms with Crippen molar-refractivity contribution < 1.29 is 9.66 Å². The van der Waals surface area contributed by atoms with Crippen molar-refractivity contribution in [3.05, 3.63) is 38.3 Å². The molecule has 0 atom stereocenters. The number of hydrogen-bond donors (Lipinski definition) is 0. The molecule has 0 aliphatic carbocycles. The molecule has 0 radical (unpaired) electrons. The van der Waals surface area contributed by atoms with Gasteiger partial charge in [-0.3, -0.25) is 15.0 Å². The van der Waals surface area contributed by atoms with Crippen LogP contribution in [0.25, 0.3) is 0 Å². The zero-order valence-electron chi connectivity index (χ0n) is 9.97. The van der Waals surface area contributed by atoms with Crippen LogP contribution in [0.15, 0.2) is 22.7 Å². The van der Waals surface area contributed by atoms with E-state index in [9.17, 15) is 10.1 Å². The fraction of sp³-hybridized carbons (Fsp3) is 0.500. The SMILES string of the molecule is O=[N+]([O-])c1cccc(CN2CCCOCC2)c1Br. The first-order valence-corrected chi connectivity index (χ1v) is 6.69. The van der Waals surface area contributed by atoms with Crippen LogP contribution < -0.4 is 0 Å². The highest BCUT2D eigenvalue weighted by atomic mass is 79.9. The predicted octanol–water partition coefficient (Wildman–Crippen LogP) is 2.58. The van der Waals surface area contributed by atoms with E-state index in [2.05, 4.69) is 20.8 Å². The van der Waals surface area contributed by atoms with Gasteiger partial charge < -0.3 is 4.74 Å². The van der Waals surface area contributed by atoms with Gasteiger partial charge in [-0.15, -0.1) is 0 Å². The lowest BCUT2D eigenvalue weighted by molar-refractivity contribution is -0.385. The van der Waals surface area contributed by atoms with E-state index in [4.69, 9.17) is 4.74 Å². The number of nitro groups is 1. The van der Waals surface area contributed by atoms with Gasteiger partial charge in [-0.25, -0.2) is 0 Å². The first kappa shape index (κ1) is 13.5. The van der Waals surface area contributed by atoms with E-state index in [1.807, 2.05) is 6.07 Å². The van der Waals surface area contributed by atoms with Crippen LogP contribution in [0.5, 0.6) is 0 Å². The number of rotatable bonds is 3. The second kappa shape index (κ2) is 6.26. The standard InChI is InChI=1S/C12H15BrN2O3/c13-12-10(3-1-4-11(12)15(16)17)9-14-5-2-7-18-8-6-14/h1,3-4H,2,5-9H2. The van der Waals surface area contributed by atoms with E-state index in [0.717, 1.165) is 38.3 Å². The minimum absolute atomic E-state index is 0.124. The molecule has 98 valence electrons. The first-order chi connectivity index (χ1) is 8.68. The Morgan fingerprint density at radius 1 is 1.39 bits per heavy atom. The van der Waals surface area contributed by atoms with Crippen molar-refractivity contribution in [3.63, 3.8) is 0 Å². The average Bonchev–Trinajstić information content (AvgIpc) is 2.60. The smallest absolute Gasteiger partial charge is 0.283 e. The van der Waals surface area contributed by atoms with Crippen LogP contribution in [0, 0.1) is 10.1 Å².